The Morgan fingerprint density at radius 1 is 1.45 bits per heavy atom. The maximum atomic E-state index is 12.0. The van der Waals surface area contributed by atoms with Crippen LogP contribution in [0.4, 0.5) is 5.69 Å². The third-order valence-corrected chi connectivity index (χ3v) is 3.23. The molecule has 0 aliphatic carbocycles. The molecule has 1 unspecified atom stereocenters. The first-order chi connectivity index (χ1) is 9.65. The first-order valence-electron chi connectivity index (χ1n) is 6.25. The van der Waals surface area contributed by atoms with Gasteiger partial charge in [0, 0.05) is 17.3 Å². The number of nitrogens with one attached hydrogen (secondary N) is 1. The van der Waals surface area contributed by atoms with Gasteiger partial charge >= 0.3 is 5.97 Å². The average Bonchev–Trinajstić information content (AvgIpc) is 2.94. The van der Waals surface area contributed by atoms with Crippen molar-refractivity contribution in [3.05, 3.63) is 47.5 Å². The van der Waals surface area contributed by atoms with E-state index in [9.17, 15) is 4.79 Å². The fourth-order valence-corrected chi connectivity index (χ4v) is 2.05. The first-order valence-corrected chi connectivity index (χ1v) is 6.63. The van der Waals surface area contributed by atoms with Gasteiger partial charge in [-0.25, -0.2) is 9.78 Å². The van der Waals surface area contributed by atoms with Gasteiger partial charge in [-0.2, -0.15) is 0 Å². The van der Waals surface area contributed by atoms with E-state index in [-0.39, 0.29) is 5.97 Å². The van der Waals surface area contributed by atoms with Crippen LogP contribution < -0.4 is 5.32 Å². The fourth-order valence-electron chi connectivity index (χ4n) is 1.92. The van der Waals surface area contributed by atoms with Gasteiger partial charge in [-0.3, -0.25) is 0 Å². The minimum Gasteiger partial charge on any atom is -0.467 e. The normalized spacial score (nSPS) is 11.9. The molecule has 1 atom stereocenters. The average molecular weight is 294 g/mol. The number of rotatable bonds is 5. The molecule has 0 saturated heterocycles. The summed E-state index contributed by atoms with van der Waals surface area (Å²) in [6.45, 7) is 2.72. The molecule has 1 N–H and O–H groups in total. The number of hydrogen-bond donors (Lipinski definition) is 1. The molecule has 2 aromatic rings. The second kappa shape index (κ2) is 6.43. The molecule has 1 aromatic heterocycles. The lowest BCUT2D eigenvalue weighted by molar-refractivity contribution is -0.141. The van der Waals surface area contributed by atoms with Crippen LogP contribution in [0.1, 0.15) is 18.7 Å². The Bertz CT molecular complexity index is 580. The van der Waals surface area contributed by atoms with Gasteiger partial charge in [-0.05, 0) is 31.2 Å². The van der Waals surface area contributed by atoms with E-state index in [0.717, 1.165) is 17.9 Å². The second-order valence-corrected chi connectivity index (χ2v) is 4.65. The number of esters is 1. The molecule has 0 aliphatic heterocycles. The summed E-state index contributed by atoms with van der Waals surface area (Å²) in [6, 6.07) is 6.53. The van der Waals surface area contributed by atoms with Crippen LogP contribution in [-0.4, -0.2) is 22.6 Å². The highest BCUT2D eigenvalue weighted by Crippen LogP contribution is 2.22. The standard InChI is InChI=1S/C14H16ClN3O2/c1-3-18-9-16-8-12(18)13(14(19)20-2)17-11-6-4-10(15)5-7-11/h4-9,13,17H,3H2,1-2H3. The van der Waals surface area contributed by atoms with Crippen LogP contribution in [-0.2, 0) is 16.1 Å². The van der Waals surface area contributed by atoms with Crippen molar-refractivity contribution in [2.45, 2.75) is 19.5 Å². The molecule has 1 heterocycles. The van der Waals surface area contributed by atoms with E-state index in [4.69, 9.17) is 16.3 Å². The van der Waals surface area contributed by atoms with E-state index in [0.29, 0.717) is 5.02 Å². The molecule has 1 aromatic carbocycles. The van der Waals surface area contributed by atoms with Gasteiger partial charge in [0.05, 0.1) is 25.3 Å². The minimum absolute atomic E-state index is 0.366. The van der Waals surface area contributed by atoms with Crippen LogP contribution in [0.5, 0.6) is 0 Å². The van der Waals surface area contributed by atoms with Crippen molar-refractivity contribution < 1.29 is 9.53 Å². The molecule has 0 saturated carbocycles. The van der Waals surface area contributed by atoms with Gasteiger partial charge in [0.25, 0.3) is 0 Å². The second-order valence-electron chi connectivity index (χ2n) is 4.21. The summed E-state index contributed by atoms with van der Waals surface area (Å²) in [7, 11) is 1.37. The Labute approximate surface area is 122 Å². The zero-order valence-corrected chi connectivity index (χ0v) is 12.1. The number of hydrogen-bond acceptors (Lipinski definition) is 4. The number of methoxy groups -OCH3 is 1. The molecule has 0 aliphatic rings. The number of aryl methyl sites for hydroxylation is 1. The molecule has 0 amide bonds. The van der Waals surface area contributed by atoms with E-state index >= 15 is 0 Å². The molecule has 0 spiro atoms. The van der Waals surface area contributed by atoms with Gasteiger partial charge in [0.2, 0.25) is 0 Å². The molecular formula is C14H16ClN3O2. The van der Waals surface area contributed by atoms with Crippen molar-refractivity contribution in [1.29, 1.82) is 0 Å². The largest absolute Gasteiger partial charge is 0.467 e. The Morgan fingerprint density at radius 3 is 2.75 bits per heavy atom. The summed E-state index contributed by atoms with van der Waals surface area (Å²) in [6.07, 6.45) is 3.35. The van der Waals surface area contributed by atoms with Gasteiger partial charge in [-0.15, -0.1) is 0 Å². The van der Waals surface area contributed by atoms with Crippen molar-refractivity contribution in [3.8, 4) is 0 Å². The van der Waals surface area contributed by atoms with E-state index in [1.807, 2.05) is 23.6 Å². The lowest BCUT2D eigenvalue weighted by Gasteiger charge is -2.18. The van der Waals surface area contributed by atoms with Crippen LogP contribution >= 0.6 is 11.6 Å². The Morgan fingerprint density at radius 2 is 2.15 bits per heavy atom. The summed E-state index contributed by atoms with van der Waals surface area (Å²) in [4.78, 5) is 16.1. The summed E-state index contributed by atoms with van der Waals surface area (Å²) >= 11 is 5.85. The van der Waals surface area contributed by atoms with E-state index < -0.39 is 6.04 Å². The minimum atomic E-state index is -0.608. The first kappa shape index (κ1) is 14.4. The number of nitrogens with zero attached hydrogens (tertiary/aromatic N) is 2. The number of aromatic nitrogens is 2. The molecule has 20 heavy (non-hydrogen) atoms. The van der Waals surface area contributed by atoms with Crippen molar-refractivity contribution in [2.75, 3.05) is 12.4 Å². The summed E-state index contributed by atoms with van der Waals surface area (Å²) in [5.41, 5.74) is 1.54. The quantitative estimate of drug-likeness (QED) is 0.861. The summed E-state index contributed by atoms with van der Waals surface area (Å²) < 4.78 is 6.76. The van der Waals surface area contributed by atoms with Crippen molar-refractivity contribution in [1.82, 2.24) is 9.55 Å². The zero-order valence-electron chi connectivity index (χ0n) is 11.3. The molecule has 106 valence electrons. The third-order valence-electron chi connectivity index (χ3n) is 2.97. The number of benzene rings is 1. The zero-order chi connectivity index (χ0) is 14.5. The maximum Gasteiger partial charge on any atom is 0.334 e. The van der Waals surface area contributed by atoms with Crippen molar-refractivity contribution >= 4 is 23.3 Å². The van der Waals surface area contributed by atoms with Crippen molar-refractivity contribution in [3.63, 3.8) is 0 Å². The molecule has 0 radical (unpaired) electrons. The Balaban J connectivity index is 2.29. The predicted octanol–water partition coefficient (Wildman–Crippen LogP) is 2.88. The highest BCUT2D eigenvalue weighted by atomic mass is 35.5. The fraction of sp³-hybridized carbons (Fsp3) is 0.286. The van der Waals surface area contributed by atoms with Crippen LogP contribution in [0.15, 0.2) is 36.8 Å². The number of carbonyl (C=O) groups excluding carboxylic acids is 1. The molecule has 0 fully saturated rings. The number of ether oxygens (including phenoxy) is 1. The monoisotopic (exact) mass is 293 g/mol. The van der Waals surface area contributed by atoms with Gasteiger partial charge in [0.15, 0.2) is 6.04 Å². The molecule has 0 bridgehead atoms. The van der Waals surface area contributed by atoms with Crippen molar-refractivity contribution in [2.24, 2.45) is 0 Å². The molecule has 6 heteroatoms. The SMILES string of the molecule is CCn1cncc1C(Nc1ccc(Cl)cc1)C(=O)OC. The summed E-state index contributed by atoms with van der Waals surface area (Å²) in [5, 5.41) is 3.78. The maximum absolute atomic E-state index is 12.0. The smallest absolute Gasteiger partial charge is 0.334 e. The van der Waals surface area contributed by atoms with E-state index in [1.54, 1.807) is 24.7 Å². The lowest BCUT2D eigenvalue weighted by atomic mass is 10.2. The molecule has 2 rings (SSSR count). The third kappa shape index (κ3) is 3.11. The van der Waals surface area contributed by atoms with Gasteiger partial charge in [0.1, 0.15) is 0 Å². The van der Waals surface area contributed by atoms with Crippen LogP contribution in [0.3, 0.4) is 0 Å². The Hall–Kier alpha value is -2.01. The lowest BCUT2D eigenvalue weighted by Crippen LogP contribution is -2.24. The van der Waals surface area contributed by atoms with E-state index in [1.165, 1.54) is 7.11 Å². The van der Waals surface area contributed by atoms with Crippen LogP contribution in [0, 0.1) is 0 Å². The summed E-state index contributed by atoms with van der Waals surface area (Å²) in [5.74, 6) is -0.366. The number of anilines is 1. The molecular weight excluding hydrogens is 278 g/mol. The molecule has 5 nitrogen and oxygen atoms in total. The predicted molar refractivity (Wildman–Crippen MR) is 77.7 cm³/mol. The highest BCUT2D eigenvalue weighted by molar-refractivity contribution is 6.30. The van der Waals surface area contributed by atoms with Gasteiger partial charge < -0.3 is 14.6 Å². The highest BCUT2D eigenvalue weighted by Gasteiger charge is 2.24. The number of halogens is 1. The van der Waals surface area contributed by atoms with Crippen LogP contribution in [0.2, 0.25) is 5.02 Å². The topological polar surface area (TPSA) is 56.2 Å². The number of carbonyl (C=O) groups is 1. The number of imidazole rings is 1. The van der Waals surface area contributed by atoms with Crippen LogP contribution in [0.25, 0.3) is 0 Å². The van der Waals surface area contributed by atoms with Gasteiger partial charge in [-0.1, -0.05) is 11.6 Å². The van der Waals surface area contributed by atoms with E-state index in [2.05, 4.69) is 10.3 Å². The Kier molecular flexibility index (Phi) is 4.63.